The Morgan fingerprint density at radius 1 is 0.864 bits per heavy atom. The Labute approximate surface area is 250 Å². The fraction of sp³-hybridized carbons (Fsp3) is 0.206. The lowest BCUT2D eigenvalue weighted by Crippen LogP contribution is -2.52. The number of nitrogens with zero attached hydrogens (tertiary/aromatic N) is 1. The topological polar surface area (TPSA) is 105 Å². The number of cyclic esters (lactones) is 1. The van der Waals surface area contributed by atoms with Gasteiger partial charge in [0.1, 0.15) is 29.2 Å². The van der Waals surface area contributed by atoms with Crippen LogP contribution in [0.5, 0.6) is 5.75 Å². The van der Waals surface area contributed by atoms with E-state index in [2.05, 4.69) is 5.32 Å². The molecule has 8 nitrogen and oxygen atoms in total. The monoisotopic (exact) mass is 596 g/mol. The lowest BCUT2D eigenvalue weighted by molar-refractivity contribution is -0.179. The Bertz CT molecular complexity index is 1800. The van der Waals surface area contributed by atoms with Crippen molar-refractivity contribution in [3.63, 3.8) is 0 Å². The smallest absolute Gasteiger partial charge is 0.325 e. The van der Waals surface area contributed by atoms with Crippen molar-refractivity contribution in [1.82, 2.24) is 4.90 Å². The predicted octanol–water partition coefficient (Wildman–Crippen LogP) is 5.33. The molecule has 0 unspecified atom stereocenters. The number of fused-ring (bicyclic) bond motifs is 3. The van der Waals surface area contributed by atoms with Gasteiger partial charge in [-0.25, -0.2) is 8.78 Å². The maximum absolute atomic E-state index is 15.0. The van der Waals surface area contributed by atoms with Gasteiger partial charge in [-0.1, -0.05) is 72.8 Å². The van der Waals surface area contributed by atoms with E-state index in [4.69, 9.17) is 9.47 Å². The highest BCUT2D eigenvalue weighted by atomic mass is 19.2. The van der Waals surface area contributed by atoms with Gasteiger partial charge in [0.2, 0.25) is 5.91 Å². The van der Waals surface area contributed by atoms with E-state index in [0.29, 0.717) is 22.4 Å². The first kappa shape index (κ1) is 27.7. The summed E-state index contributed by atoms with van der Waals surface area (Å²) < 4.78 is 41.1. The first-order chi connectivity index (χ1) is 21.3. The predicted molar refractivity (Wildman–Crippen MR) is 154 cm³/mol. The molecular weight excluding hydrogens is 570 g/mol. The molecule has 10 heteroatoms. The lowest BCUT2D eigenvalue weighted by Gasteiger charge is -2.46. The summed E-state index contributed by atoms with van der Waals surface area (Å²) in [4.78, 5) is 43.5. The summed E-state index contributed by atoms with van der Waals surface area (Å²) in [5.41, 5.74) is -0.353. The maximum atomic E-state index is 15.0. The Morgan fingerprint density at radius 3 is 2.16 bits per heavy atom. The molecule has 222 valence electrons. The van der Waals surface area contributed by atoms with E-state index in [1.54, 1.807) is 41.3 Å². The normalized spacial score (nSPS) is 27.4. The third-order valence-corrected chi connectivity index (χ3v) is 9.02. The molecule has 4 aromatic carbocycles. The van der Waals surface area contributed by atoms with Crippen LogP contribution in [0.4, 0.5) is 14.5 Å². The molecule has 3 aliphatic rings. The molecule has 0 radical (unpaired) electrons. The lowest BCUT2D eigenvalue weighted by atomic mass is 9.65. The van der Waals surface area contributed by atoms with Crippen LogP contribution in [-0.2, 0) is 24.5 Å². The molecule has 6 atom stereocenters. The number of hydrogen-bond acceptors (Lipinski definition) is 6. The van der Waals surface area contributed by atoms with Crippen LogP contribution in [0.2, 0.25) is 0 Å². The number of ether oxygens (including phenoxy) is 2. The van der Waals surface area contributed by atoms with Crippen molar-refractivity contribution < 1.29 is 37.7 Å². The molecule has 1 spiro atoms. The van der Waals surface area contributed by atoms with Gasteiger partial charge in [0.15, 0.2) is 11.6 Å². The molecule has 7 rings (SSSR count). The number of methoxy groups -OCH3 is 1. The van der Waals surface area contributed by atoms with E-state index >= 15 is 0 Å². The van der Waals surface area contributed by atoms with Crippen molar-refractivity contribution in [3.8, 4) is 5.75 Å². The van der Waals surface area contributed by atoms with Crippen LogP contribution in [0.1, 0.15) is 40.4 Å². The number of halogens is 2. The Kier molecular flexibility index (Phi) is 6.47. The van der Waals surface area contributed by atoms with Gasteiger partial charge in [-0.3, -0.25) is 19.3 Å². The van der Waals surface area contributed by atoms with Gasteiger partial charge in [0.25, 0.3) is 0 Å². The number of morpholine rings is 1. The Hall–Kier alpha value is -5.09. The number of rotatable bonds is 5. The highest BCUT2D eigenvalue weighted by molar-refractivity contribution is 6.11. The van der Waals surface area contributed by atoms with Crippen molar-refractivity contribution >= 4 is 23.5 Å². The van der Waals surface area contributed by atoms with E-state index in [1.165, 1.54) is 7.11 Å². The van der Waals surface area contributed by atoms with Crippen molar-refractivity contribution in [1.29, 1.82) is 0 Å². The molecule has 1 amide bonds. The molecule has 0 saturated carbocycles. The molecule has 2 saturated heterocycles. The third-order valence-electron chi connectivity index (χ3n) is 9.02. The number of esters is 1. The second-order valence-corrected chi connectivity index (χ2v) is 11.1. The van der Waals surface area contributed by atoms with Crippen LogP contribution in [0.3, 0.4) is 0 Å². The summed E-state index contributed by atoms with van der Waals surface area (Å²) in [6, 6.07) is 23.3. The number of hydrogen-bond donors (Lipinski definition) is 2. The minimum atomic E-state index is -2.07. The zero-order chi connectivity index (χ0) is 30.7. The summed E-state index contributed by atoms with van der Waals surface area (Å²) >= 11 is 0. The molecular formula is C34H26F2N2O6. The van der Waals surface area contributed by atoms with E-state index < -0.39 is 65.0 Å². The molecule has 2 fully saturated rings. The fourth-order valence-electron chi connectivity index (χ4n) is 7.38. The molecule has 4 aromatic rings. The highest BCUT2D eigenvalue weighted by Crippen LogP contribution is 2.65. The second kappa shape index (κ2) is 10.3. The van der Waals surface area contributed by atoms with E-state index in [1.807, 2.05) is 48.5 Å². The van der Waals surface area contributed by atoms with E-state index in [9.17, 15) is 28.3 Å². The fourth-order valence-corrected chi connectivity index (χ4v) is 7.38. The van der Waals surface area contributed by atoms with E-state index in [0.717, 1.165) is 12.1 Å². The Balaban J connectivity index is 1.58. The van der Waals surface area contributed by atoms with Crippen LogP contribution in [0.25, 0.3) is 0 Å². The van der Waals surface area contributed by atoms with Gasteiger partial charge in [0.05, 0.1) is 19.2 Å². The van der Waals surface area contributed by atoms with Crippen LogP contribution in [-0.4, -0.2) is 41.0 Å². The number of nitrogens with one attached hydrogen (secondary N) is 1. The number of anilines is 1. The Morgan fingerprint density at radius 2 is 1.50 bits per heavy atom. The van der Waals surface area contributed by atoms with Crippen LogP contribution in [0.15, 0.2) is 97.1 Å². The first-order valence-corrected chi connectivity index (χ1v) is 14.0. The van der Waals surface area contributed by atoms with Crippen molar-refractivity contribution in [2.45, 2.75) is 29.6 Å². The number of benzene rings is 4. The van der Waals surface area contributed by atoms with Crippen molar-refractivity contribution in [2.75, 3.05) is 12.4 Å². The van der Waals surface area contributed by atoms with Gasteiger partial charge in [-0.05, 0) is 40.5 Å². The van der Waals surface area contributed by atoms with Gasteiger partial charge < -0.3 is 19.9 Å². The SMILES string of the molecule is COc1cccc([C@H]2N3[C@H](C(=O)O[C@H](c4ccccc4)[C@@H]3c3ccccc3)[C@@H](C(=O)O)[C@]23C(=O)Nc2cc(F)c(F)cc23)c1. The molecule has 0 aromatic heterocycles. The quantitative estimate of drug-likeness (QED) is 0.300. The summed E-state index contributed by atoms with van der Waals surface area (Å²) in [5.74, 6) is -6.85. The molecule has 2 N–H and O–H groups in total. The van der Waals surface area contributed by atoms with E-state index in [-0.39, 0.29) is 11.3 Å². The highest BCUT2D eigenvalue weighted by Gasteiger charge is 2.74. The number of aliphatic carboxylic acids is 1. The second-order valence-electron chi connectivity index (χ2n) is 11.1. The largest absolute Gasteiger partial charge is 0.497 e. The minimum absolute atomic E-state index is 0.0492. The zero-order valence-electron chi connectivity index (χ0n) is 23.3. The number of carboxylic acid groups (broad SMARTS) is 1. The molecule has 3 heterocycles. The van der Waals surface area contributed by atoms with Gasteiger partial charge >= 0.3 is 11.9 Å². The number of carbonyl (C=O) groups is 3. The molecule has 44 heavy (non-hydrogen) atoms. The summed E-state index contributed by atoms with van der Waals surface area (Å²) in [6.07, 6.45) is -0.894. The van der Waals surface area contributed by atoms with Gasteiger partial charge in [-0.15, -0.1) is 0 Å². The number of carbonyl (C=O) groups excluding carboxylic acids is 2. The summed E-state index contributed by atoms with van der Waals surface area (Å²) in [5, 5.41) is 13.5. The third kappa shape index (κ3) is 3.87. The number of amides is 1. The number of carboxylic acids is 1. The van der Waals surface area contributed by atoms with Crippen molar-refractivity contribution in [2.24, 2.45) is 5.92 Å². The first-order valence-electron chi connectivity index (χ1n) is 14.0. The van der Waals surface area contributed by atoms with Crippen LogP contribution in [0, 0.1) is 17.6 Å². The van der Waals surface area contributed by atoms with Crippen LogP contribution >= 0.6 is 0 Å². The standard InChI is InChI=1S/C34H26F2N2O6/c1-43-21-14-8-13-20(15-21)30-34(22-16-23(35)24(36)17-25(22)37-33(34)42)26(31(39)40)28-32(41)44-29(19-11-6-3-7-12-19)27(38(28)30)18-9-4-2-5-10-18/h2-17,26-30H,1H3,(H,37,42)(H,39,40)/t26-,27-,28-,29+,30+,34-/m0/s1. The molecule has 0 bridgehead atoms. The molecule has 0 aliphatic carbocycles. The van der Waals surface area contributed by atoms with Crippen LogP contribution < -0.4 is 10.1 Å². The average molecular weight is 597 g/mol. The van der Waals surface area contributed by atoms with Gasteiger partial charge in [-0.2, -0.15) is 0 Å². The van der Waals surface area contributed by atoms with Gasteiger partial charge in [0, 0.05) is 11.8 Å². The minimum Gasteiger partial charge on any atom is -0.497 e. The van der Waals surface area contributed by atoms with Crippen molar-refractivity contribution in [3.05, 3.63) is 131 Å². The summed E-state index contributed by atoms with van der Waals surface area (Å²) in [6.45, 7) is 0. The summed E-state index contributed by atoms with van der Waals surface area (Å²) in [7, 11) is 1.47. The zero-order valence-corrected chi connectivity index (χ0v) is 23.3. The maximum Gasteiger partial charge on any atom is 0.325 e. The molecule has 3 aliphatic heterocycles. The average Bonchev–Trinajstić information content (AvgIpc) is 3.50.